The number of alkyl halides is 1. The quantitative estimate of drug-likeness (QED) is 0.831. The summed E-state index contributed by atoms with van der Waals surface area (Å²) in [6.45, 7) is 2.02. The van der Waals surface area contributed by atoms with Crippen molar-refractivity contribution in [3.8, 4) is 5.75 Å². The van der Waals surface area contributed by atoms with Crippen molar-refractivity contribution in [3.05, 3.63) is 40.2 Å². The number of aromatic nitrogens is 1. The number of hydrogen-bond donors (Lipinski definition) is 2. The van der Waals surface area contributed by atoms with E-state index in [-0.39, 0.29) is 18.0 Å². The summed E-state index contributed by atoms with van der Waals surface area (Å²) < 4.78 is 5.43. The molecule has 18 heavy (non-hydrogen) atoms. The minimum Gasteiger partial charge on any atom is -0.491 e. The first-order chi connectivity index (χ1) is 8.60. The Morgan fingerprint density at radius 2 is 2.22 bits per heavy atom. The van der Waals surface area contributed by atoms with Crippen molar-refractivity contribution in [1.29, 1.82) is 0 Å². The number of pyridine rings is 1. The molecule has 2 rings (SSSR count). The Bertz CT molecular complexity index is 609. The summed E-state index contributed by atoms with van der Waals surface area (Å²) >= 11 is 5.49. The fourth-order valence-electron chi connectivity index (χ4n) is 1.73. The summed E-state index contributed by atoms with van der Waals surface area (Å²) in [4.78, 5) is 14.1. The molecule has 1 heterocycles. The number of hydrogen-bond acceptors (Lipinski definition) is 3. The van der Waals surface area contributed by atoms with E-state index in [2.05, 4.69) is 4.98 Å². The molecule has 0 bridgehead atoms. The van der Waals surface area contributed by atoms with E-state index in [0.717, 1.165) is 16.5 Å². The normalized spacial score (nSPS) is 12.6. The molecule has 0 spiro atoms. The van der Waals surface area contributed by atoms with Crippen molar-refractivity contribution in [2.45, 2.75) is 13.0 Å². The molecular formula is C13H14ClNO3. The Kier molecular flexibility index (Phi) is 3.89. The van der Waals surface area contributed by atoms with Crippen molar-refractivity contribution in [2.75, 3.05) is 12.5 Å². The SMILES string of the molecule is Cc1cc(=O)[nH]c2ccc(OCC(O)CCl)cc12. The number of aromatic amines is 1. The maximum Gasteiger partial charge on any atom is 0.248 e. The largest absolute Gasteiger partial charge is 0.491 e. The van der Waals surface area contributed by atoms with Gasteiger partial charge in [-0.25, -0.2) is 0 Å². The molecule has 2 N–H and O–H groups in total. The van der Waals surface area contributed by atoms with Gasteiger partial charge in [0.25, 0.3) is 0 Å². The van der Waals surface area contributed by atoms with Crippen LogP contribution in [-0.4, -0.2) is 28.7 Å². The van der Waals surface area contributed by atoms with Crippen molar-refractivity contribution < 1.29 is 9.84 Å². The Hall–Kier alpha value is -1.52. The molecular weight excluding hydrogens is 254 g/mol. The van der Waals surface area contributed by atoms with Gasteiger partial charge in [0, 0.05) is 17.0 Å². The van der Waals surface area contributed by atoms with Gasteiger partial charge in [-0.05, 0) is 30.7 Å². The average Bonchev–Trinajstić information content (AvgIpc) is 2.36. The minimum atomic E-state index is -0.681. The van der Waals surface area contributed by atoms with E-state index >= 15 is 0 Å². The van der Waals surface area contributed by atoms with Crippen LogP contribution in [0.5, 0.6) is 5.75 Å². The van der Waals surface area contributed by atoms with E-state index in [1.165, 1.54) is 0 Å². The van der Waals surface area contributed by atoms with Crippen LogP contribution < -0.4 is 10.3 Å². The Morgan fingerprint density at radius 3 is 2.94 bits per heavy atom. The molecule has 0 amide bonds. The van der Waals surface area contributed by atoms with E-state index in [9.17, 15) is 9.90 Å². The third-order valence-corrected chi connectivity index (χ3v) is 3.00. The third-order valence-electron chi connectivity index (χ3n) is 2.64. The van der Waals surface area contributed by atoms with Gasteiger partial charge in [-0.15, -0.1) is 11.6 Å². The van der Waals surface area contributed by atoms with E-state index in [4.69, 9.17) is 16.3 Å². The van der Waals surface area contributed by atoms with Crippen LogP contribution >= 0.6 is 11.6 Å². The molecule has 0 fully saturated rings. The number of fused-ring (bicyclic) bond motifs is 1. The molecule has 0 aliphatic heterocycles. The van der Waals surface area contributed by atoms with Crippen LogP contribution in [0.4, 0.5) is 0 Å². The number of nitrogens with one attached hydrogen (secondary N) is 1. The fraction of sp³-hybridized carbons (Fsp3) is 0.308. The molecule has 0 aliphatic rings. The summed E-state index contributed by atoms with van der Waals surface area (Å²) in [7, 11) is 0. The summed E-state index contributed by atoms with van der Waals surface area (Å²) in [6.07, 6.45) is -0.681. The van der Waals surface area contributed by atoms with Gasteiger partial charge in [-0.2, -0.15) is 0 Å². The lowest BCUT2D eigenvalue weighted by Crippen LogP contribution is -2.18. The van der Waals surface area contributed by atoms with Gasteiger partial charge in [0.2, 0.25) is 5.56 Å². The molecule has 1 atom stereocenters. The second-order valence-electron chi connectivity index (χ2n) is 4.14. The maximum absolute atomic E-state index is 11.3. The number of H-pyrrole nitrogens is 1. The highest BCUT2D eigenvalue weighted by molar-refractivity contribution is 6.18. The lowest BCUT2D eigenvalue weighted by molar-refractivity contribution is 0.125. The lowest BCUT2D eigenvalue weighted by Gasteiger charge is -2.10. The molecule has 1 aromatic carbocycles. The van der Waals surface area contributed by atoms with Crippen LogP contribution in [0, 0.1) is 6.92 Å². The number of ether oxygens (including phenoxy) is 1. The lowest BCUT2D eigenvalue weighted by atomic mass is 10.1. The Balaban J connectivity index is 2.30. The zero-order valence-electron chi connectivity index (χ0n) is 9.94. The highest BCUT2D eigenvalue weighted by Crippen LogP contribution is 2.21. The number of aliphatic hydroxyl groups excluding tert-OH is 1. The average molecular weight is 268 g/mol. The van der Waals surface area contributed by atoms with Crippen LogP contribution in [0.3, 0.4) is 0 Å². The Morgan fingerprint density at radius 1 is 1.44 bits per heavy atom. The van der Waals surface area contributed by atoms with Crippen LogP contribution in [0.1, 0.15) is 5.56 Å². The van der Waals surface area contributed by atoms with Crippen LogP contribution in [0.25, 0.3) is 10.9 Å². The molecule has 0 saturated carbocycles. The van der Waals surface area contributed by atoms with Crippen molar-refractivity contribution >= 4 is 22.5 Å². The van der Waals surface area contributed by atoms with Crippen LogP contribution in [0.15, 0.2) is 29.1 Å². The van der Waals surface area contributed by atoms with Crippen molar-refractivity contribution in [2.24, 2.45) is 0 Å². The van der Waals surface area contributed by atoms with Crippen LogP contribution in [0.2, 0.25) is 0 Å². The fourth-order valence-corrected chi connectivity index (χ4v) is 1.82. The second kappa shape index (κ2) is 5.42. The van der Waals surface area contributed by atoms with E-state index < -0.39 is 6.10 Å². The predicted octanol–water partition coefficient (Wildman–Crippen LogP) is 1.82. The van der Waals surface area contributed by atoms with Crippen LogP contribution in [-0.2, 0) is 0 Å². The van der Waals surface area contributed by atoms with Gasteiger partial charge in [-0.3, -0.25) is 4.79 Å². The number of halogens is 1. The second-order valence-corrected chi connectivity index (χ2v) is 4.45. The monoisotopic (exact) mass is 267 g/mol. The zero-order valence-corrected chi connectivity index (χ0v) is 10.7. The zero-order chi connectivity index (χ0) is 13.1. The highest BCUT2D eigenvalue weighted by Gasteiger charge is 2.05. The van der Waals surface area contributed by atoms with Gasteiger partial charge in [0.1, 0.15) is 18.5 Å². The van der Waals surface area contributed by atoms with Gasteiger partial charge < -0.3 is 14.8 Å². The first kappa shape index (κ1) is 12.9. The van der Waals surface area contributed by atoms with Gasteiger partial charge in [0.15, 0.2) is 0 Å². The summed E-state index contributed by atoms with van der Waals surface area (Å²) in [5, 5.41) is 10.2. The molecule has 96 valence electrons. The molecule has 5 heteroatoms. The van der Waals surface area contributed by atoms with Gasteiger partial charge in [0.05, 0.1) is 5.88 Å². The van der Waals surface area contributed by atoms with Crippen molar-refractivity contribution in [1.82, 2.24) is 4.98 Å². The maximum atomic E-state index is 11.3. The smallest absolute Gasteiger partial charge is 0.248 e. The molecule has 2 aromatic rings. The van der Waals surface area contributed by atoms with E-state index in [0.29, 0.717) is 5.75 Å². The Labute approximate surface area is 109 Å². The minimum absolute atomic E-state index is 0.119. The number of rotatable bonds is 4. The number of aliphatic hydroxyl groups is 1. The van der Waals surface area contributed by atoms with E-state index in [1.54, 1.807) is 18.2 Å². The standard InChI is InChI=1S/C13H14ClNO3/c1-8-4-13(17)15-12-3-2-10(5-11(8)12)18-7-9(16)6-14/h2-5,9,16H,6-7H2,1H3,(H,15,17). The summed E-state index contributed by atoms with van der Waals surface area (Å²) in [6, 6.07) is 6.91. The number of aryl methyl sites for hydroxylation is 1. The van der Waals surface area contributed by atoms with Crippen molar-refractivity contribution in [3.63, 3.8) is 0 Å². The first-order valence-electron chi connectivity index (χ1n) is 5.60. The summed E-state index contributed by atoms with van der Waals surface area (Å²) in [5.74, 6) is 0.779. The first-order valence-corrected chi connectivity index (χ1v) is 6.14. The topological polar surface area (TPSA) is 62.3 Å². The van der Waals surface area contributed by atoms with Gasteiger partial charge >= 0.3 is 0 Å². The molecule has 0 saturated heterocycles. The molecule has 0 aliphatic carbocycles. The highest BCUT2D eigenvalue weighted by atomic mass is 35.5. The van der Waals surface area contributed by atoms with Gasteiger partial charge in [-0.1, -0.05) is 0 Å². The molecule has 1 unspecified atom stereocenters. The third kappa shape index (κ3) is 2.83. The number of benzene rings is 1. The molecule has 0 radical (unpaired) electrons. The summed E-state index contributed by atoms with van der Waals surface area (Å²) in [5.41, 5.74) is 1.54. The molecule has 4 nitrogen and oxygen atoms in total. The molecule has 1 aromatic heterocycles. The van der Waals surface area contributed by atoms with E-state index in [1.807, 2.05) is 13.0 Å². The predicted molar refractivity (Wildman–Crippen MR) is 71.5 cm³/mol.